The Morgan fingerprint density at radius 2 is 1.81 bits per heavy atom. The van der Waals surface area contributed by atoms with E-state index in [0.29, 0.717) is 11.4 Å². The average Bonchev–Trinajstić information content (AvgIpc) is 2.72. The molecule has 0 radical (unpaired) electrons. The topological polar surface area (TPSA) is 79.6 Å². The van der Waals surface area contributed by atoms with Crippen molar-refractivity contribution in [3.8, 4) is 11.8 Å². The number of hydrogen-bond acceptors (Lipinski definition) is 5. The van der Waals surface area contributed by atoms with Crippen LogP contribution in [0.15, 0.2) is 60.7 Å². The summed E-state index contributed by atoms with van der Waals surface area (Å²) in [6.45, 7) is -0.177. The Hall–Kier alpha value is -3.59. The van der Waals surface area contributed by atoms with Gasteiger partial charge in [0.15, 0.2) is 6.61 Å². The van der Waals surface area contributed by atoms with E-state index >= 15 is 0 Å². The van der Waals surface area contributed by atoms with Crippen LogP contribution in [0.25, 0.3) is 6.08 Å². The predicted octanol–water partition coefficient (Wildman–Crippen LogP) is 3.20. The quantitative estimate of drug-likeness (QED) is 0.531. The lowest BCUT2D eigenvalue weighted by molar-refractivity contribution is -0.142. The van der Waals surface area contributed by atoms with Crippen molar-refractivity contribution in [2.24, 2.45) is 0 Å². The summed E-state index contributed by atoms with van der Waals surface area (Å²) in [5.41, 5.74) is 1.38. The molecule has 0 fully saturated rings. The van der Waals surface area contributed by atoms with E-state index in [-0.39, 0.29) is 13.0 Å². The maximum absolute atomic E-state index is 12.4. The maximum atomic E-state index is 12.4. The summed E-state index contributed by atoms with van der Waals surface area (Å²) in [6, 6.07) is 18.2. The van der Waals surface area contributed by atoms with Crippen molar-refractivity contribution in [3.63, 3.8) is 0 Å². The third-order valence-electron chi connectivity index (χ3n) is 3.69. The molecule has 2 aromatic carbocycles. The van der Waals surface area contributed by atoms with Crippen molar-refractivity contribution in [1.29, 1.82) is 5.26 Å². The van der Waals surface area contributed by atoms with Crippen LogP contribution in [-0.4, -0.2) is 32.1 Å². The van der Waals surface area contributed by atoms with Gasteiger partial charge in [-0.25, -0.2) is 4.79 Å². The van der Waals surface area contributed by atoms with Crippen molar-refractivity contribution in [2.45, 2.75) is 6.42 Å². The van der Waals surface area contributed by atoms with Crippen molar-refractivity contribution in [2.75, 3.05) is 25.2 Å². The number of nitriles is 1. The summed E-state index contributed by atoms with van der Waals surface area (Å²) in [7, 11) is 1.54. The van der Waals surface area contributed by atoms with E-state index in [4.69, 9.17) is 14.7 Å². The van der Waals surface area contributed by atoms with Gasteiger partial charge in [-0.1, -0.05) is 36.4 Å². The molecule has 0 atom stereocenters. The Labute approximate surface area is 158 Å². The van der Waals surface area contributed by atoms with Crippen LogP contribution >= 0.6 is 0 Å². The van der Waals surface area contributed by atoms with Gasteiger partial charge < -0.3 is 14.4 Å². The fraction of sp³-hybridized carbons (Fsp3) is 0.190. The molecule has 0 saturated carbocycles. The first-order valence-corrected chi connectivity index (χ1v) is 8.36. The highest BCUT2D eigenvalue weighted by atomic mass is 16.5. The molecule has 6 nitrogen and oxygen atoms in total. The summed E-state index contributed by atoms with van der Waals surface area (Å²) in [5.74, 6) is -0.401. The SMILES string of the molecule is COc1ccccc1/C=C/C(=O)OCC(=O)N(CCC#N)c1ccccc1. The van der Waals surface area contributed by atoms with Gasteiger partial charge in [0.25, 0.3) is 5.91 Å². The molecule has 0 unspecified atom stereocenters. The van der Waals surface area contributed by atoms with Crippen LogP contribution < -0.4 is 9.64 Å². The zero-order valence-electron chi connectivity index (χ0n) is 15.0. The Morgan fingerprint density at radius 3 is 2.52 bits per heavy atom. The minimum Gasteiger partial charge on any atom is -0.496 e. The summed E-state index contributed by atoms with van der Waals surface area (Å²) in [4.78, 5) is 25.8. The first-order valence-electron chi connectivity index (χ1n) is 8.36. The summed E-state index contributed by atoms with van der Waals surface area (Å²) < 4.78 is 10.2. The van der Waals surface area contributed by atoms with Crippen LogP contribution in [-0.2, 0) is 14.3 Å². The molecule has 2 rings (SSSR count). The number of carbonyl (C=O) groups is 2. The smallest absolute Gasteiger partial charge is 0.331 e. The first-order chi connectivity index (χ1) is 13.2. The second-order valence-corrected chi connectivity index (χ2v) is 5.47. The highest BCUT2D eigenvalue weighted by Crippen LogP contribution is 2.18. The summed E-state index contributed by atoms with van der Waals surface area (Å²) in [6.07, 6.45) is 2.99. The molecule has 0 bridgehead atoms. The molecule has 0 spiro atoms. The molecule has 0 aliphatic rings. The molecule has 0 aliphatic heterocycles. The molecule has 0 aliphatic carbocycles. The molecular formula is C21H20N2O4. The number of hydrogen-bond donors (Lipinski definition) is 0. The fourth-order valence-electron chi connectivity index (χ4n) is 2.39. The van der Waals surface area contributed by atoms with Crippen LogP contribution in [0.2, 0.25) is 0 Å². The van der Waals surface area contributed by atoms with Gasteiger partial charge in [0.05, 0.1) is 19.6 Å². The largest absolute Gasteiger partial charge is 0.496 e. The molecule has 0 N–H and O–H groups in total. The second-order valence-electron chi connectivity index (χ2n) is 5.47. The number of carbonyl (C=O) groups excluding carboxylic acids is 2. The Kier molecular flexibility index (Phi) is 7.61. The van der Waals surface area contributed by atoms with Crippen molar-refractivity contribution < 1.29 is 19.1 Å². The van der Waals surface area contributed by atoms with E-state index in [2.05, 4.69) is 0 Å². The minimum absolute atomic E-state index is 0.183. The second kappa shape index (κ2) is 10.4. The lowest BCUT2D eigenvalue weighted by Gasteiger charge is -2.21. The van der Waals surface area contributed by atoms with Gasteiger partial charge in [0.2, 0.25) is 0 Å². The minimum atomic E-state index is -0.637. The molecule has 2 aromatic rings. The predicted molar refractivity (Wildman–Crippen MR) is 102 cm³/mol. The number of para-hydroxylation sites is 2. The molecule has 6 heteroatoms. The van der Waals surface area contributed by atoms with Crippen LogP contribution in [0.5, 0.6) is 5.75 Å². The Balaban J connectivity index is 1.97. The molecule has 0 saturated heterocycles. The van der Waals surface area contributed by atoms with E-state index in [9.17, 15) is 9.59 Å². The van der Waals surface area contributed by atoms with E-state index in [1.165, 1.54) is 11.0 Å². The number of ether oxygens (including phenoxy) is 2. The first kappa shape index (κ1) is 19.7. The van der Waals surface area contributed by atoms with Gasteiger partial charge in [0.1, 0.15) is 5.75 Å². The van der Waals surface area contributed by atoms with Crippen LogP contribution in [0, 0.1) is 11.3 Å². The van der Waals surface area contributed by atoms with Gasteiger partial charge in [0, 0.05) is 23.9 Å². The number of methoxy groups -OCH3 is 1. The van der Waals surface area contributed by atoms with Gasteiger partial charge in [-0.15, -0.1) is 0 Å². The van der Waals surface area contributed by atoms with Crippen molar-refractivity contribution >= 4 is 23.6 Å². The zero-order valence-corrected chi connectivity index (χ0v) is 15.0. The van der Waals surface area contributed by atoms with Crippen molar-refractivity contribution in [1.82, 2.24) is 0 Å². The Bertz CT molecular complexity index is 841. The molecular weight excluding hydrogens is 344 g/mol. The number of amides is 1. The highest BCUT2D eigenvalue weighted by Gasteiger charge is 2.16. The fourth-order valence-corrected chi connectivity index (χ4v) is 2.39. The maximum Gasteiger partial charge on any atom is 0.331 e. The number of benzene rings is 2. The normalized spacial score (nSPS) is 10.2. The monoisotopic (exact) mass is 364 g/mol. The Morgan fingerprint density at radius 1 is 1.11 bits per heavy atom. The zero-order chi connectivity index (χ0) is 19.5. The van der Waals surface area contributed by atoms with Crippen LogP contribution in [0.3, 0.4) is 0 Å². The lowest BCUT2D eigenvalue weighted by Crippen LogP contribution is -2.35. The van der Waals surface area contributed by atoms with Crippen LogP contribution in [0.1, 0.15) is 12.0 Å². The summed E-state index contributed by atoms with van der Waals surface area (Å²) in [5, 5.41) is 8.79. The molecule has 0 aromatic heterocycles. The molecule has 0 heterocycles. The van der Waals surface area contributed by atoms with Crippen molar-refractivity contribution in [3.05, 3.63) is 66.2 Å². The summed E-state index contributed by atoms with van der Waals surface area (Å²) >= 11 is 0. The average molecular weight is 364 g/mol. The standard InChI is InChI=1S/C21H20N2O4/c1-26-19-11-6-5-8-17(19)12-13-21(25)27-16-20(24)23(15-7-14-22)18-9-3-2-4-10-18/h2-6,8-13H,7,15-16H2,1H3/b13-12+. The number of anilines is 1. The van der Waals surface area contributed by atoms with Gasteiger partial charge in [-0.2, -0.15) is 5.26 Å². The molecule has 138 valence electrons. The van der Waals surface area contributed by atoms with E-state index in [0.717, 1.165) is 5.56 Å². The van der Waals surface area contributed by atoms with E-state index < -0.39 is 18.5 Å². The van der Waals surface area contributed by atoms with Gasteiger partial charge in [-0.3, -0.25) is 4.79 Å². The molecule has 1 amide bonds. The van der Waals surface area contributed by atoms with E-state index in [1.54, 1.807) is 49.6 Å². The highest BCUT2D eigenvalue weighted by molar-refractivity contribution is 5.96. The van der Waals surface area contributed by atoms with Crippen LogP contribution in [0.4, 0.5) is 5.69 Å². The molecule has 27 heavy (non-hydrogen) atoms. The number of rotatable bonds is 8. The number of nitrogens with zero attached hydrogens (tertiary/aromatic N) is 2. The van der Waals surface area contributed by atoms with Gasteiger partial charge in [-0.05, 0) is 24.3 Å². The number of esters is 1. The third-order valence-corrected chi connectivity index (χ3v) is 3.69. The van der Waals surface area contributed by atoms with E-state index in [1.807, 2.05) is 24.3 Å². The van der Waals surface area contributed by atoms with Gasteiger partial charge >= 0.3 is 5.97 Å². The lowest BCUT2D eigenvalue weighted by atomic mass is 10.2. The third kappa shape index (κ3) is 6.01.